The van der Waals surface area contributed by atoms with Gasteiger partial charge in [-0.05, 0) is 37.1 Å². The molecule has 0 aromatic heterocycles. The third kappa shape index (κ3) is 4.35. The molecule has 1 atom stereocenters. The minimum atomic E-state index is -0.338. The zero-order valence-electron chi connectivity index (χ0n) is 17.3. The SMILES string of the molecule is CC1NC(=O)NN=C1c1ccc(NC(=O)COc2cccc3c2N(C)C(=O)CC3)cc1. The zero-order valence-corrected chi connectivity index (χ0v) is 17.3. The molecule has 3 N–H and O–H groups in total. The first kappa shape index (κ1) is 20.4. The van der Waals surface area contributed by atoms with Gasteiger partial charge in [-0.2, -0.15) is 5.10 Å². The Balaban J connectivity index is 1.38. The molecule has 2 aromatic carbocycles. The van der Waals surface area contributed by atoms with Crippen LogP contribution in [0.3, 0.4) is 0 Å². The summed E-state index contributed by atoms with van der Waals surface area (Å²) in [6.07, 6.45) is 1.13. The monoisotopic (exact) mass is 421 g/mol. The van der Waals surface area contributed by atoms with Crippen LogP contribution in [-0.4, -0.2) is 43.3 Å². The van der Waals surface area contributed by atoms with Crippen molar-refractivity contribution < 1.29 is 19.1 Å². The smallest absolute Gasteiger partial charge is 0.335 e. The van der Waals surface area contributed by atoms with Crippen molar-refractivity contribution in [1.82, 2.24) is 10.7 Å². The van der Waals surface area contributed by atoms with Crippen molar-refractivity contribution in [3.05, 3.63) is 53.6 Å². The molecule has 9 nitrogen and oxygen atoms in total. The summed E-state index contributed by atoms with van der Waals surface area (Å²) in [5.41, 5.74) is 6.29. The summed E-state index contributed by atoms with van der Waals surface area (Å²) >= 11 is 0. The molecule has 2 aliphatic rings. The van der Waals surface area contributed by atoms with E-state index in [1.807, 2.05) is 31.2 Å². The van der Waals surface area contributed by atoms with Crippen LogP contribution in [-0.2, 0) is 16.0 Å². The number of para-hydroxylation sites is 1. The predicted octanol–water partition coefficient (Wildman–Crippen LogP) is 2.02. The molecule has 1 unspecified atom stereocenters. The Labute approximate surface area is 179 Å². The lowest BCUT2D eigenvalue weighted by Gasteiger charge is -2.27. The van der Waals surface area contributed by atoms with E-state index in [4.69, 9.17) is 4.74 Å². The van der Waals surface area contributed by atoms with Crippen molar-refractivity contribution in [2.24, 2.45) is 5.10 Å². The van der Waals surface area contributed by atoms with Crippen molar-refractivity contribution >= 4 is 34.9 Å². The minimum absolute atomic E-state index is 0.0275. The predicted molar refractivity (Wildman–Crippen MR) is 116 cm³/mol. The molecule has 2 heterocycles. The van der Waals surface area contributed by atoms with Gasteiger partial charge in [0.15, 0.2) is 6.61 Å². The first-order chi connectivity index (χ1) is 14.9. The Morgan fingerprint density at radius 2 is 1.97 bits per heavy atom. The van der Waals surface area contributed by atoms with E-state index in [9.17, 15) is 14.4 Å². The number of amides is 4. The normalized spacial score (nSPS) is 17.8. The van der Waals surface area contributed by atoms with E-state index < -0.39 is 0 Å². The number of anilines is 2. The molecule has 4 rings (SSSR count). The summed E-state index contributed by atoms with van der Waals surface area (Å²) in [6, 6.07) is 12.2. The number of benzene rings is 2. The maximum atomic E-state index is 12.4. The van der Waals surface area contributed by atoms with Gasteiger partial charge in [0.2, 0.25) is 5.91 Å². The Morgan fingerprint density at radius 1 is 1.19 bits per heavy atom. The quantitative estimate of drug-likeness (QED) is 0.686. The van der Waals surface area contributed by atoms with Gasteiger partial charge < -0.3 is 20.3 Å². The lowest BCUT2D eigenvalue weighted by atomic mass is 10.0. The molecule has 4 amide bonds. The van der Waals surface area contributed by atoms with Gasteiger partial charge in [-0.25, -0.2) is 10.2 Å². The van der Waals surface area contributed by atoms with Crippen LogP contribution in [0.4, 0.5) is 16.2 Å². The standard InChI is InChI=1S/C22H23N5O4/c1-13-20(25-26-22(30)23-13)14-6-9-16(10-7-14)24-18(28)12-31-17-5-3-4-15-8-11-19(29)27(2)21(15)17/h3-7,9-10,13H,8,11-12H2,1-2H3,(H,24,28)(H2,23,26,30). The summed E-state index contributed by atoms with van der Waals surface area (Å²) in [5.74, 6) is 0.226. The molecule has 0 saturated heterocycles. The summed E-state index contributed by atoms with van der Waals surface area (Å²) in [5, 5.41) is 9.61. The fraction of sp³-hybridized carbons (Fsp3) is 0.273. The molecular formula is C22H23N5O4. The Bertz CT molecular complexity index is 1060. The van der Waals surface area contributed by atoms with Crippen LogP contribution >= 0.6 is 0 Å². The molecule has 2 aliphatic heterocycles. The number of nitrogens with one attached hydrogen (secondary N) is 3. The van der Waals surface area contributed by atoms with Gasteiger partial charge >= 0.3 is 6.03 Å². The number of nitrogens with zero attached hydrogens (tertiary/aromatic N) is 2. The topological polar surface area (TPSA) is 112 Å². The molecule has 2 aromatic rings. The van der Waals surface area contributed by atoms with Gasteiger partial charge in [0, 0.05) is 24.7 Å². The van der Waals surface area contributed by atoms with Gasteiger partial charge in [-0.3, -0.25) is 9.59 Å². The fourth-order valence-corrected chi connectivity index (χ4v) is 3.69. The average Bonchev–Trinajstić information content (AvgIpc) is 2.75. The number of aryl methyl sites for hydroxylation is 1. The third-order valence-electron chi connectivity index (χ3n) is 5.26. The summed E-state index contributed by atoms with van der Waals surface area (Å²) < 4.78 is 5.73. The van der Waals surface area contributed by atoms with E-state index >= 15 is 0 Å². The van der Waals surface area contributed by atoms with Gasteiger partial charge in [-0.1, -0.05) is 24.3 Å². The lowest BCUT2D eigenvalue weighted by Crippen LogP contribution is -2.48. The molecule has 9 heteroatoms. The summed E-state index contributed by atoms with van der Waals surface area (Å²) in [7, 11) is 1.72. The minimum Gasteiger partial charge on any atom is -0.482 e. The highest BCUT2D eigenvalue weighted by Crippen LogP contribution is 2.35. The Morgan fingerprint density at radius 3 is 2.71 bits per heavy atom. The Hall–Kier alpha value is -3.88. The van der Waals surface area contributed by atoms with E-state index in [0.29, 0.717) is 30.0 Å². The molecule has 0 spiro atoms. The van der Waals surface area contributed by atoms with Crippen LogP contribution < -0.4 is 25.7 Å². The van der Waals surface area contributed by atoms with E-state index in [-0.39, 0.29) is 30.5 Å². The van der Waals surface area contributed by atoms with Crippen LogP contribution in [0.25, 0.3) is 0 Å². The number of urea groups is 1. The van der Waals surface area contributed by atoms with Crippen molar-refractivity contribution in [2.45, 2.75) is 25.8 Å². The van der Waals surface area contributed by atoms with Crippen molar-refractivity contribution in [3.8, 4) is 5.75 Å². The maximum Gasteiger partial charge on any atom is 0.335 e. The van der Waals surface area contributed by atoms with Crippen LogP contribution in [0.2, 0.25) is 0 Å². The maximum absolute atomic E-state index is 12.4. The first-order valence-corrected chi connectivity index (χ1v) is 9.98. The van der Waals surface area contributed by atoms with E-state index in [1.165, 1.54) is 0 Å². The fourth-order valence-electron chi connectivity index (χ4n) is 3.69. The second-order valence-electron chi connectivity index (χ2n) is 7.43. The Kier molecular flexibility index (Phi) is 5.57. The van der Waals surface area contributed by atoms with Crippen LogP contribution in [0, 0.1) is 0 Å². The molecule has 0 fully saturated rings. The second kappa shape index (κ2) is 8.47. The van der Waals surface area contributed by atoms with Crippen LogP contribution in [0.15, 0.2) is 47.6 Å². The lowest BCUT2D eigenvalue weighted by molar-refractivity contribution is -0.118. The molecular weight excluding hydrogens is 398 g/mol. The van der Waals surface area contributed by atoms with Gasteiger partial charge in [0.05, 0.1) is 17.4 Å². The third-order valence-corrected chi connectivity index (χ3v) is 5.26. The number of hydrogen-bond acceptors (Lipinski definition) is 5. The molecule has 160 valence electrons. The van der Waals surface area contributed by atoms with Crippen molar-refractivity contribution in [1.29, 1.82) is 0 Å². The number of carbonyl (C=O) groups excluding carboxylic acids is 3. The highest BCUT2D eigenvalue weighted by Gasteiger charge is 2.24. The highest BCUT2D eigenvalue weighted by atomic mass is 16.5. The summed E-state index contributed by atoms with van der Waals surface area (Å²) in [6.45, 7) is 1.66. The second-order valence-corrected chi connectivity index (χ2v) is 7.43. The van der Waals surface area contributed by atoms with Crippen LogP contribution in [0.5, 0.6) is 5.75 Å². The first-order valence-electron chi connectivity index (χ1n) is 9.98. The molecule has 0 bridgehead atoms. The average molecular weight is 421 g/mol. The number of fused-ring (bicyclic) bond motifs is 1. The number of ether oxygens (including phenoxy) is 1. The van der Waals surface area contributed by atoms with Crippen molar-refractivity contribution in [3.63, 3.8) is 0 Å². The van der Waals surface area contributed by atoms with Crippen LogP contribution in [0.1, 0.15) is 24.5 Å². The molecule has 0 saturated carbocycles. The zero-order chi connectivity index (χ0) is 22.0. The number of carbonyl (C=O) groups is 3. The number of hydrazone groups is 1. The number of hydrogen-bond donors (Lipinski definition) is 3. The molecule has 0 radical (unpaired) electrons. The van der Waals surface area contributed by atoms with Crippen molar-refractivity contribution in [2.75, 3.05) is 23.9 Å². The number of rotatable bonds is 5. The molecule has 0 aliphatic carbocycles. The highest BCUT2D eigenvalue weighted by molar-refractivity contribution is 6.07. The van der Waals surface area contributed by atoms with Gasteiger partial charge in [0.1, 0.15) is 5.75 Å². The largest absolute Gasteiger partial charge is 0.482 e. The van der Waals surface area contributed by atoms with E-state index in [2.05, 4.69) is 21.2 Å². The van der Waals surface area contributed by atoms with E-state index in [1.54, 1.807) is 30.1 Å². The van der Waals surface area contributed by atoms with E-state index in [0.717, 1.165) is 16.8 Å². The van der Waals surface area contributed by atoms with Gasteiger partial charge in [-0.15, -0.1) is 0 Å². The van der Waals surface area contributed by atoms with Gasteiger partial charge in [0.25, 0.3) is 5.91 Å². The molecule has 31 heavy (non-hydrogen) atoms. The summed E-state index contributed by atoms with van der Waals surface area (Å²) in [4.78, 5) is 37.3.